The molecule has 1 aliphatic carbocycles. The average molecular weight is 356 g/mol. The molecule has 1 aliphatic rings. The highest BCUT2D eigenvalue weighted by molar-refractivity contribution is 6.00. The van der Waals surface area contributed by atoms with Crippen molar-refractivity contribution in [2.45, 2.75) is 20.4 Å². The molecule has 0 unspecified atom stereocenters. The van der Waals surface area contributed by atoms with Crippen molar-refractivity contribution in [2.24, 2.45) is 17.3 Å². The van der Waals surface area contributed by atoms with Crippen LogP contribution in [0.4, 0.5) is 5.69 Å². The molecule has 2 aromatic rings. The van der Waals surface area contributed by atoms with Crippen LogP contribution in [0, 0.1) is 17.3 Å². The quantitative estimate of drug-likeness (QED) is 0.737. The highest BCUT2D eigenvalue weighted by Gasteiger charge is 2.65. The van der Waals surface area contributed by atoms with Gasteiger partial charge in [-0.15, -0.1) is 0 Å². The van der Waals surface area contributed by atoms with E-state index in [0.29, 0.717) is 17.0 Å². The SMILES string of the molecule is CC1(C)[C@@H](C(=O)O)[C@@H]1C(=O)Nc1ccc(C(=O)NCc2ccco2)cc1. The second-order valence-electron chi connectivity index (χ2n) is 6.94. The van der Waals surface area contributed by atoms with E-state index in [9.17, 15) is 14.4 Å². The number of carbonyl (C=O) groups excluding carboxylic acids is 2. The monoisotopic (exact) mass is 356 g/mol. The zero-order valence-corrected chi connectivity index (χ0v) is 14.5. The van der Waals surface area contributed by atoms with Crippen molar-refractivity contribution in [3.05, 3.63) is 54.0 Å². The Morgan fingerprint density at radius 1 is 1.12 bits per heavy atom. The Labute approximate surface area is 150 Å². The Balaban J connectivity index is 1.57. The average Bonchev–Trinajstić information content (AvgIpc) is 2.94. The lowest BCUT2D eigenvalue weighted by molar-refractivity contribution is -0.140. The fourth-order valence-electron chi connectivity index (χ4n) is 3.20. The predicted octanol–water partition coefficient (Wildman–Crippen LogP) is 2.50. The molecular weight excluding hydrogens is 336 g/mol. The molecule has 0 radical (unpaired) electrons. The molecule has 1 saturated carbocycles. The van der Waals surface area contributed by atoms with Crippen LogP contribution in [0.5, 0.6) is 0 Å². The number of aliphatic carboxylic acids is 1. The van der Waals surface area contributed by atoms with Gasteiger partial charge in [-0.1, -0.05) is 13.8 Å². The molecule has 26 heavy (non-hydrogen) atoms. The molecule has 1 aromatic carbocycles. The van der Waals surface area contributed by atoms with Crippen LogP contribution in [-0.4, -0.2) is 22.9 Å². The van der Waals surface area contributed by atoms with Gasteiger partial charge in [0.05, 0.1) is 24.6 Å². The van der Waals surface area contributed by atoms with E-state index in [1.165, 1.54) is 6.26 Å². The van der Waals surface area contributed by atoms with Crippen LogP contribution in [0.2, 0.25) is 0 Å². The minimum atomic E-state index is -0.960. The highest BCUT2D eigenvalue weighted by Crippen LogP contribution is 2.58. The fourth-order valence-corrected chi connectivity index (χ4v) is 3.20. The van der Waals surface area contributed by atoms with Crippen LogP contribution in [0.1, 0.15) is 30.0 Å². The summed E-state index contributed by atoms with van der Waals surface area (Å²) in [7, 11) is 0. The number of amides is 2. The van der Waals surface area contributed by atoms with Crippen molar-refractivity contribution in [1.29, 1.82) is 0 Å². The summed E-state index contributed by atoms with van der Waals surface area (Å²) in [5.74, 6) is -2.11. The summed E-state index contributed by atoms with van der Waals surface area (Å²) >= 11 is 0. The first-order valence-corrected chi connectivity index (χ1v) is 8.25. The Bertz CT molecular complexity index is 824. The summed E-state index contributed by atoms with van der Waals surface area (Å²) in [6.45, 7) is 3.82. The molecule has 0 spiro atoms. The minimum absolute atomic E-state index is 0.256. The Hall–Kier alpha value is -3.09. The van der Waals surface area contributed by atoms with Gasteiger partial charge in [0.2, 0.25) is 5.91 Å². The molecule has 1 heterocycles. The van der Waals surface area contributed by atoms with E-state index >= 15 is 0 Å². The molecule has 1 fully saturated rings. The van der Waals surface area contributed by atoms with Gasteiger partial charge >= 0.3 is 5.97 Å². The first-order valence-electron chi connectivity index (χ1n) is 8.25. The van der Waals surface area contributed by atoms with Crippen LogP contribution >= 0.6 is 0 Å². The highest BCUT2D eigenvalue weighted by atomic mass is 16.4. The van der Waals surface area contributed by atoms with E-state index in [4.69, 9.17) is 9.52 Å². The van der Waals surface area contributed by atoms with Crippen molar-refractivity contribution in [2.75, 3.05) is 5.32 Å². The normalized spacial score (nSPS) is 20.2. The molecule has 0 aliphatic heterocycles. The predicted molar refractivity (Wildman–Crippen MR) is 93.3 cm³/mol. The number of hydrogen-bond donors (Lipinski definition) is 3. The molecule has 2 amide bonds. The number of furan rings is 1. The van der Waals surface area contributed by atoms with E-state index in [2.05, 4.69) is 10.6 Å². The summed E-state index contributed by atoms with van der Waals surface area (Å²) in [6.07, 6.45) is 1.54. The molecule has 0 saturated heterocycles. The number of benzene rings is 1. The van der Waals surface area contributed by atoms with E-state index < -0.39 is 23.2 Å². The second-order valence-corrected chi connectivity index (χ2v) is 6.94. The molecular formula is C19H20N2O5. The lowest BCUT2D eigenvalue weighted by atomic mass is 10.1. The zero-order valence-electron chi connectivity index (χ0n) is 14.5. The van der Waals surface area contributed by atoms with Gasteiger partial charge in [0.25, 0.3) is 5.91 Å². The number of carboxylic acids is 1. The third kappa shape index (κ3) is 3.46. The maximum absolute atomic E-state index is 12.3. The molecule has 1 aromatic heterocycles. The maximum atomic E-state index is 12.3. The van der Waals surface area contributed by atoms with E-state index in [1.807, 2.05) is 0 Å². The zero-order chi connectivity index (χ0) is 18.9. The molecule has 7 heteroatoms. The van der Waals surface area contributed by atoms with Crippen LogP contribution < -0.4 is 10.6 Å². The van der Waals surface area contributed by atoms with Crippen LogP contribution in [0.25, 0.3) is 0 Å². The van der Waals surface area contributed by atoms with Crippen molar-refractivity contribution in [1.82, 2.24) is 5.32 Å². The number of nitrogens with one attached hydrogen (secondary N) is 2. The van der Waals surface area contributed by atoms with Crippen molar-refractivity contribution in [3.63, 3.8) is 0 Å². The first kappa shape index (κ1) is 17.7. The van der Waals surface area contributed by atoms with Gasteiger partial charge < -0.3 is 20.2 Å². The lowest BCUT2D eigenvalue weighted by Crippen LogP contribution is -2.22. The van der Waals surface area contributed by atoms with Crippen molar-refractivity contribution >= 4 is 23.5 Å². The smallest absolute Gasteiger partial charge is 0.307 e. The lowest BCUT2D eigenvalue weighted by Gasteiger charge is -2.08. The molecule has 136 valence electrons. The maximum Gasteiger partial charge on any atom is 0.307 e. The number of hydrogen-bond acceptors (Lipinski definition) is 4. The number of rotatable bonds is 6. The van der Waals surface area contributed by atoms with E-state index in [0.717, 1.165) is 0 Å². The summed E-state index contributed by atoms with van der Waals surface area (Å²) in [4.78, 5) is 35.6. The van der Waals surface area contributed by atoms with Gasteiger partial charge in [-0.25, -0.2) is 0 Å². The second kappa shape index (κ2) is 6.67. The van der Waals surface area contributed by atoms with Gasteiger partial charge in [-0.05, 0) is 41.8 Å². The van der Waals surface area contributed by atoms with Crippen molar-refractivity contribution < 1.29 is 23.9 Å². The summed E-state index contributed by atoms with van der Waals surface area (Å²) in [5, 5.41) is 14.6. The number of carboxylic acid groups (broad SMARTS) is 1. The van der Waals surface area contributed by atoms with Gasteiger partial charge in [0, 0.05) is 11.3 Å². The first-order chi connectivity index (χ1) is 12.3. The van der Waals surface area contributed by atoms with E-state index in [-0.39, 0.29) is 18.4 Å². The summed E-state index contributed by atoms with van der Waals surface area (Å²) < 4.78 is 5.15. The third-order valence-corrected chi connectivity index (χ3v) is 4.79. The summed E-state index contributed by atoms with van der Waals surface area (Å²) in [5.41, 5.74) is 0.413. The fraction of sp³-hybridized carbons (Fsp3) is 0.316. The Morgan fingerprint density at radius 3 is 2.35 bits per heavy atom. The van der Waals surface area contributed by atoms with Crippen molar-refractivity contribution in [3.8, 4) is 0 Å². The summed E-state index contributed by atoms with van der Waals surface area (Å²) in [6, 6.07) is 9.94. The number of carbonyl (C=O) groups is 3. The standard InChI is InChI=1S/C19H20N2O5/c1-19(2)14(15(19)18(24)25)17(23)21-12-7-5-11(6-8-12)16(22)20-10-13-4-3-9-26-13/h3-9,14-15H,10H2,1-2H3,(H,20,22)(H,21,23)(H,24,25)/t14-,15-/m1/s1. The molecule has 7 nitrogen and oxygen atoms in total. The topological polar surface area (TPSA) is 109 Å². The molecule has 3 N–H and O–H groups in total. The third-order valence-electron chi connectivity index (χ3n) is 4.79. The molecule has 3 rings (SSSR count). The van der Waals surface area contributed by atoms with Crippen LogP contribution in [0.15, 0.2) is 47.1 Å². The Morgan fingerprint density at radius 2 is 1.81 bits per heavy atom. The van der Waals surface area contributed by atoms with E-state index in [1.54, 1.807) is 50.2 Å². The number of anilines is 1. The van der Waals surface area contributed by atoms with Gasteiger partial charge in [-0.2, -0.15) is 0 Å². The molecule has 0 bridgehead atoms. The molecule has 2 atom stereocenters. The largest absolute Gasteiger partial charge is 0.481 e. The van der Waals surface area contributed by atoms with Crippen LogP contribution in [-0.2, 0) is 16.1 Å². The van der Waals surface area contributed by atoms with Gasteiger partial charge in [0.1, 0.15) is 5.76 Å². The van der Waals surface area contributed by atoms with Crippen LogP contribution in [0.3, 0.4) is 0 Å². The van der Waals surface area contributed by atoms with Gasteiger partial charge in [0.15, 0.2) is 0 Å². The Kier molecular flexibility index (Phi) is 4.54. The minimum Gasteiger partial charge on any atom is -0.481 e. The van der Waals surface area contributed by atoms with Gasteiger partial charge in [-0.3, -0.25) is 14.4 Å².